The van der Waals surface area contributed by atoms with Crippen molar-refractivity contribution in [2.75, 3.05) is 41.5 Å². The van der Waals surface area contributed by atoms with Crippen LogP contribution in [0.3, 0.4) is 0 Å². The van der Waals surface area contributed by atoms with Gasteiger partial charge in [0, 0.05) is 64.8 Å². The number of aromatic hydroxyl groups is 1. The molecular weight excluding hydrogens is 1910 g/mol. The maximum absolute atomic E-state index is 13.8. The fourth-order valence-corrected chi connectivity index (χ4v) is 20.1. The molecule has 0 heterocycles. The number of Topliss-reactive ketones (excluding diaryl/α,β-unsaturated/α-hetero) is 2. The molecule has 8 bridgehead atoms. The van der Waals surface area contributed by atoms with Crippen LogP contribution in [0.5, 0.6) is 11.5 Å². The molecule has 8 saturated carbocycles. The number of primary amides is 2. The number of ether oxygens (including phenoxy) is 7. The Hall–Kier alpha value is -7.81. The minimum absolute atomic E-state index is 0. The SMILES string of the molecule is CC(C)C(CC(=O)OCc1ccccc1)C(=O)NC(CCCNC(N)=O)C(=O)Cc1ccc(CI)cc1.COC(=O)/C=C/c1ccc(C(OC)=C2C3CC4CC(C3)CC2C4)c(Cl)c1O.COC(=O)/C=C/c1ccc(C(OC)=C2C3CC4CC(C3)CC2C4)c(Cl)c1OCc1ccc(CC(=O)C(CCCNC(N)=O)NC(=O)C(CC(=O)OCc2ccccc2)C(C)C)cc1.O=CO[O-].[H-].[K+].[K+]. The van der Waals surface area contributed by atoms with Crippen molar-refractivity contribution in [2.24, 2.45) is 82.5 Å². The second-order valence-electron chi connectivity index (χ2n) is 34.9. The van der Waals surface area contributed by atoms with E-state index in [-0.39, 0.29) is 209 Å². The minimum atomic E-state index is -0.881. The van der Waals surface area contributed by atoms with Gasteiger partial charge in [-0.05, 0) is 218 Å². The number of methoxy groups -OCH3 is 4. The van der Waals surface area contributed by atoms with Crippen molar-refractivity contribution in [2.45, 2.75) is 180 Å². The molecule has 706 valence electrons. The van der Waals surface area contributed by atoms with E-state index >= 15 is 0 Å². The Kier molecular flexibility index (Phi) is 48.4. The van der Waals surface area contributed by atoms with E-state index < -0.39 is 65.8 Å². The average Bonchev–Trinajstić information content (AvgIpc) is 0.745. The van der Waals surface area contributed by atoms with Crippen LogP contribution < -0.4 is 145 Å². The van der Waals surface area contributed by atoms with E-state index in [0.29, 0.717) is 71.4 Å². The number of rotatable bonds is 41. The zero-order valence-electron chi connectivity index (χ0n) is 78.5. The van der Waals surface area contributed by atoms with Crippen molar-refractivity contribution < 1.29 is 205 Å². The number of allylic oxidation sites excluding steroid dienone is 2. The molecule has 0 spiro atoms. The third kappa shape index (κ3) is 34.4. The summed E-state index contributed by atoms with van der Waals surface area (Å²) in [6.07, 6.45) is 19.6. The molecule has 133 heavy (non-hydrogen) atoms. The summed E-state index contributed by atoms with van der Waals surface area (Å²) >= 11 is 16.0. The average molecular weight is 2030 g/mol. The van der Waals surface area contributed by atoms with Crippen LogP contribution in [-0.2, 0) is 114 Å². The van der Waals surface area contributed by atoms with Gasteiger partial charge in [-0.1, -0.05) is 195 Å². The molecule has 0 saturated heterocycles. The van der Waals surface area contributed by atoms with Gasteiger partial charge in [0.15, 0.2) is 11.6 Å². The summed E-state index contributed by atoms with van der Waals surface area (Å²) in [4.78, 5) is 136. The number of ketones is 2. The molecule has 0 aromatic heterocycles. The number of benzene rings is 6. The van der Waals surface area contributed by atoms with Gasteiger partial charge >= 0.3 is 139 Å². The molecule has 14 rings (SSSR count). The zero-order chi connectivity index (χ0) is 94.8. The van der Waals surface area contributed by atoms with Crippen LogP contribution in [0, 0.1) is 71.0 Å². The molecule has 0 radical (unpaired) electrons. The van der Waals surface area contributed by atoms with Gasteiger partial charge in [-0.2, -0.15) is 0 Å². The first-order chi connectivity index (χ1) is 62.9. The first kappa shape index (κ1) is 112. The Balaban J connectivity index is 0.000000328. The number of phenolic OH excluding ortho intramolecular Hbond substituents is 1. The summed E-state index contributed by atoms with van der Waals surface area (Å²) in [6.45, 7) is 8.10. The third-order valence-corrected chi connectivity index (χ3v) is 26.8. The van der Waals surface area contributed by atoms with Crippen LogP contribution in [0.4, 0.5) is 9.59 Å². The van der Waals surface area contributed by atoms with Crippen LogP contribution in [-0.4, -0.2) is 125 Å². The van der Waals surface area contributed by atoms with Crippen molar-refractivity contribution in [1.29, 1.82) is 0 Å². The molecule has 8 aliphatic rings. The van der Waals surface area contributed by atoms with Crippen molar-refractivity contribution in [3.63, 3.8) is 0 Å². The molecule has 4 atom stereocenters. The molecule has 6 amide bonds. The van der Waals surface area contributed by atoms with Gasteiger partial charge in [0.25, 0.3) is 6.47 Å². The maximum atomic E-state index is 13.8. The summed E-state index contributed by atoms with van der Waals surface area (Å²) in [7, 11) is 6.02. The summed E-state index contributed by atoms with van der Waals surface area (Å²) in [6, 6.07) is 38.3. The summed E-state index contributed by atoms with van der Waals surface area (Å²) in [5.41, 5.74) is 20.9. The van der Waals surface area contributed by atoms with Gasteiger partial charge in [-0.3, -0.25) is 33.6 Å². The molecule has 32 heteroatoms. The van der Waals surface area contributed by atoms with Gasteiger partial charge in [0.05, 0.1) is 75.2 Å². The Labute approximate surface area is 889 Å². The minimum Gasteiger partial charge on any atom is -1.00 e. The van der Waals surface area contributed by atoms with Gasteiger partial charge in [0.1, 0.15) is 42.8 Å². The van der Waals surface area contributed by atoms with Crippen molar-refractivity contribution in [3.8, 4) is 11.5 Å². The number of amides is 6. The van der Waals surface area contributed by atoms with Gasteiger partial charge in [-0.25, -0.2) is 19.2 Å². The van der Waals surface area contributed by atoms with Gasteiger partial charge in [0.2, 0.25) is 11.8 Å². The summed E-state index contributed by atoms with van der Waals surface area (Å²) < 4.78 is 39.6. The predicted octanol–water partition coefficient (Wildman–Crippen LogP) is 10.0. The molecule has 8 aliphatic carbocycles. The Morgan fingerprint density at radius 1 is 0.489 bits per heavy atom. The molecule has 27 nitrogen and oxygen atoms in total. The van der Waals surface area contributed by atoms with Crippen molar-refractivity contribution in [1.82, 2.24) is 21.3 Å². The molecule has 6 aromatic rings. The monoisotopic (exact) mass is 2030 g/mol. The molecule has 8 fully saturated rings. The number of esters is 4. The van der Waals surface area contributed by atoms with E-state index in [1.807, 2.05) is 155 Å². The zero-order valence-corrected chi connectivity index (χ0v) is 87.5. The summed E-state index contributed by atoms with van der Waals surface area (Å²) in [5, 5.41) is 30.4. The number of urea groups is 2. The number of halogens is 3. The fraction of sp³-hybridized carbons (Fsp3) is 0.455. The predicted molar refractivity (Wildman–Crippen MR) is 505 cm³/mol. The van der Waals surface area contributed by atoms with Gasteiger partial charge in [-0.15, -0.1) is 0 Å². The molecule has 9 N–H and O–H groups in total. The number of carbonyl (C=O) groups excluding carboxylic acids is 11. The van der Waals surface area contributed by atoms with E-state index in [0.717, 1.165) is 84.1 Å². The molecule has 4 unspecified atom stereocenters. The Bertz CT molecular complexity index is 4990. The van der Waals surface area contributed by atoms with Crippen molar-refractivity contribution in [3.05, 3.63) is 222 Å². The number of nitrogens with one attached hydrogen (secondary N) is 4. The number of nitrogens with two attached hydrogens (primary N) is 2. The van der Waals surface area contributed by atoms with E-state index in [4.69, 9.17) is 73.1 Å². The second-order valence-corrected chi connectivity index (χ2v) is 36.5. The van der Waals surface area contributed by atoms with Crippen LogP contribution >= 0.6 is 45.8 Å². The van der Waals surface area contributed by atoms with Crippen LogP contribution in [0.25, 0.3) is 23.7 Å². The summed E-state index contributed by atoms with van der Waals surface area (Å²) in [5.74, 6) is 2.57. The van der Waals surface area contributed by atoms with Crippen LogP contribution in [0.1, 0.15) is 187 Å². The standard InChI is InChI=1S/C50H60ClN3O9.C28H36IN3O5.C22H25ClO4.CH2O3.2K.H/c1-30(2)40(27-44(57)62-28-32-9-6-5-7-10-32)49(58)54-41(11-8-20-53-50(52)59)42(55)26-31-12-14-33(15-13-31)29-63-47-36(17-19-43(56)60-3)16-18-39(46(47)51)48(61-4)45-37-22-34-21-35(24-37)25-38(45)23-34;1-19(2)23(16-26(34)37-18-22-7-4-3-5-8-22)27(35)32-24(9-6-14-31-28(30)36)25(33)15-20-10-12-21(17-29)13-11-20;1-26-18(24)6-4-14-3-5-17(20(23)21(14)25)22(27-2)19-15-8-12-7-13(10-15)11-16(19)9-12;2-1-4-3;;;/h5-7,9-10,12-19,30,34-35,37-38,40-41H,8,11,20-29H2,1-4H3,(H,54,58)(H3,52,53,59);3-5,7-8,10-13,19,23-24H,6,9,14-18H2,1-2H3,(H,32,35)(H3,30,31,36);3-6,12-13,15-16,25H,7-11H2,1-2H3;1,3H;;;/q;;;;2*+1;-1/p-1/b19-17+,48-45?;;6-4+,22-19?;;;;. The third-order valence-electron chi connectivity index (χ3n) is 25.2. The quantitative estimate of drug-likeness (QED) is 0.00160. The maximum Gasteiger partial charge on any atom is 1.00 e. The number of carbonyl (C=O) groups is 11. The smallest absolute Gasteiger partial charge is 1.00 e. The van der Waals surface area contributed by atoms with E-state index in [9.17, 15) is 53.1 Å². The first-order valence-corrected chi connectivity index (χ1v) is 46.8. The number of hydrogen-bond acceptors (Lipinski definition) is 21. The van der Waals surface area contributed by atoms with E-state index in [1.165, 1.54) is 108 Å². The topological polar surface area (TPSA) is 405 Å². The van der Waals surface area contributed by atoms with Crippen LogP contribution in [0.2, 0.25) is 10.0 Å². The Morgan fingerprint density at radius 2 is 0.842 bits per heavy atom. The van der Waals surface area contributed by atoms with E-state index in [1.54, 1.807) is 26.4 Å². The van der Waals surface area contributed by atoms with Gasteiger partial charge < -0.3 is 82.6 Å². The van der Waals surface area contributed by atoms with Crippen molar-refractivity contribution >= 4 is 135 Å². The molecule has 0 aliphatic heterocycles. The number of alkyl halides is 1. The number of hydrogen-bond donors (Lipinski definition) is 7. The van der Waals surface area contributed by atoms with E-state index in [2.05, 4.69) is 53.5 Å². The fourth-order valence-electron chi connectivity index (χ4n) is 19.0. The van der Waals surface area contributed by atoms with Crippen LogP contribution in [0.15, 0.2) is 157 Å². The Morgan fingerprint density at radius 3 is 1.20 bits per heavy atom. The second kappa shape index (κ2) is 57.4. The number of phenols is 1. The largest absolute Gasteiger partial charge is 1.00 e. The normalized spacial score (nSPS) is 18.7. The molecule has 6 aromatic carbocycles. The first-order valence-electron chi connectivity index (χ1n) is 44.6. The molecular formula is C101H123Cl2IK2N6O21.